The summed E-state index contributed by atoms with van der Waals surface area (Å²) in [5.41, 5.74) is 9.13. The van der Waals surface area contributed by atoms with Crippen molar-refractivity contribution in [2.45, 2.75) is 50.6 Å². The molecular formula is C10H19N3O. The Morgan fingerprint density at radius 2 is 2.21 bits per heavy atom. The molecule has 2 rings (SSSR count). The first kappa shape index (κ1) is 9.93. The number of hydrazine groups is 1. The van der Waals surface area contributed by atoms with Crippen LogP contribution in [-0.2, 0) is 4.79 Å². The van der Waals surface area contributed by atoms with Crippen molar-refractivity contribution in [3.63, 3.8) is 0 Å². The van der Waals surface area contributed by atoms with E-state index in [1.165, 1.54) is 12.8 Å². The van der Waals surface area contributed by atoms with Crippen molar-refractivity contribution in [2.75, 3.05) is 6.54 Å². The summed E-state index contributed by atoms with van der Waals surface area (Å²) in [5.74, 6) is 0.212. The third kappa shape index (κ3) is 1.77. The summed E-state index contributed by atoms with van der Waals surface area (Å²) >= 11 is 0. The van der Waals surface area contributed by atoms with E-state index < -0.39 is 0 Å². The van der Waals surface area contributed by atoms with Gasteiger partial charge in [0.25, 0.3) is 0 Å². The van der Waals surface area contributed by atoms with Crippen LogP contribution in [0.15, 0.2) is 0 Å². The summed E-state index contributed by atoms with van der Waals surface area (Å²) < 4.78 is 0. The zero-order chi connectivity index (χ0) is 10.2. The largest absolute Gasteiger partial charge is 0.326 e. The van der Waals surface area contributed by atoms with Gasteiger partial charge in [-0.1, -0.05) is 12.8 Å². The van der Waals surface area contributed by atoms with Crippen LogP contribution in [0, 0.1) is 0 Å². The van der Waals surface area contributed by atoms with E-state index in [0.717, 1.165) is 12.8 Å². The maximum atomic E-state index is 11.7. The van der Waals surface area contributed by atoms with Crippen LogP contribution in [0.2, 0.25) is 0 Å². The molecule has 1 atom stereocenters. The molecule has 0 aromatic heterocycles. The van der Waals surface area contributed by atoms with Crippen molar-refractivity contribution in [1.29, 1.82) is 0 Å². The molecule has 3 N–H and O–H groups in total. The molecule has 2 aliphatic rings. The van der Waals surface area contributed by atoms with Gasteiger partial charge in [0, 0.05) is 18.0 Å². The van der Waals surface area contributed by atoms with Gasteiger partial charge in [0.2, 0.25) is 5.91 Å². The topological polar surface area (TPSA) is 58.4 Å². The lowest BCUT2D eigenvalue weighted by atomic mass is 9.96. The monoisotopic (exact) mass is 197 g/mol. The minimum atomic E-state index is 0.0444. The molecule has 14 heavy (non-hydrogen) atoms. The quantitative estimate of drug-likeness (QED) is 0.673. The van der Waals surface area contributed by atoms with Gasteiger partial charge in [0.1, 0.15) is 0 Å². The van der Waals surface area contributed by atoms with Crippen molar-refractivity contribution >= 4 is 5.91 Å². The Bertz CT molecular complexity index is 234. The molecule has 1 saturated heterocycles. The van der Waals surface area contributed by atoms with Crippen LogP contribution in [0.5, 0.6) is 0 Å². The predicted molar refractivity (Wildman–Crippen MR) is 54.3 cm³/mol. The first-order chi connectivity index (χ1) is 6.61. The summed E-state index contributed by atoms with van der Waals surface area (Å²) in [6, 6.07) is 0.0444. The molecular weight excluding hydrogens is 178 g/mol. The number of amides is 1. The maximum Gasteiger partial charge on any atom is 0.238 e. The van der Waals surface area contributed by atoms with Gasteiger partial charge in [0.15, 0.2) is 0 Å². The van der Waals surface area contributed by atoms with Gasteiger partial charge in [-0.15, -0.1) is 0 Å². The molecule has 0 radical (unpaired) electrons. The zero-order valence-electron chi connectivity index (χ0n) is 8.75. The Morgan fingerprint density at radius 3 is 2.79 bits per heavy atom. The molecule has 80 valence electrons. The van der Waals surface area contributed by atoms with Crippen LogP contribution >= 0.6 is 0 Å². The van der Waals surface area contributed by atoms with E-state index in [9.17, 15) is 4.79 Å². The van der Waals surface area contributed by atoms with Gasteiger partial charge >= 0.3 is 0 Å². The van der Waals surface area contributed by atoms with Gasteiger partial charge in [-0.2, -0.15) is 0 Å². The van der Waals surface area contributed by atoms with Crippen LogP contribution in [0.1, 0.15) is 39.0 Å². The lowest BCUT2D eigenvalue weighted by Gasteiger charge is -2.25. The number of nitrogens with zero attached hydrogens (tertiary/aromatic N) is 1. The molecule has 0 bridgehead atoms. The Hall–Kier alpha value is -0.610. The Morgan fingerprint density at radius 1 is 1.57 bits per heavy atom. The minimum Gasteiger partial charge on any atom is -0.326 e. The molecule has 1 aliphatic carbocycles. The van der Waals surface area contributed by atoms with Crippen molar-refractivity contribution in [2.24, 2.45) is 5.73 Å². The average molecular weight is 197 g/mol. The summed E-state index contributed by atoms with van der Waals surface area (Å²) in [6.45, 7) is 2.55. The molecule has 0 aromatic carbocycles. The molecule has 2 fully saturated rings. The van der Waals surface area contributed by atoms with E-state index in [0.29, 0.717) is 13.0 Å². The fourth-order valence-electron chi connectivity index (χ4n) is 2.55. The number of carbonyl (C=O) groups excluding carboxylic acids is 1. The van der Waals surface area contributed by atoms with E-state index in [1.54, 1.807) is 5.01 Å². The highest BCUT2D eigenvalue weighted by Gasteiger charge is 2.44. The zero-order valence-corrected chi connectivity index (χ0v) is 8.75. The van der Waals surface area contributed by atoms with E-state index in [4.69, 9.17) is 5.73 Å². The molecule has 1 amide bonds. The molecule has 1 spiro atoms. The molecule has 1 aliphatic heterocycles. The first-order valence-corrected chi connectivity index (χ1v) is 5.45. The second kappa shape index (κ2) is 3.51. The highest BCUT2D eigenvalue weighted by atomic mass is 16.2. The minimum absolute atomic E-state index is 0.0444. The fourth-order valence-corrected chi connectivity index (χ4v) is 2.55. The van der Waals surface area contributed by atoms with Gasteiger partial charge in [-0.05, 0) is 19.8 Å². The summed E-state index contributed by atoms with van der Waals surface area (Å²) in [5, 5.41) is 1.72. The van der Waals surface area contributed by atoms with Crippen LogP contribution in [0.3, 0.4) is 0 Å². The van der Waals surface area contributed by atoms with E-state index in [1.807, 2.05) is 6.92 Å². The second-order valence-electron chi connectivity index (χ2n) is 4.76. The lowest BCUT2D eigenvalue weighted by molar-refractivity contribution is -0.129. The van der Waals surface area contributed by atoms with Crippen LogP contribution in [-0.4, -0.2) is 29.0 Å². The molecule has 1 unspecified atom stereocenters. The number of rotatable bonds is 2. The van der Waals surface area contributed by atoms with Crippen molar-refractivity contribution in [3.05, 3.63) is 0 Å². The third-order valence-electron chi connectivity index (χ3n) is 3.19. The fraction of sp³-hybridized carbons (Fsp3) is 0.900. The summed E-state index contributed by atoms with van der Waals surface area (Å²) in [7, 11) is 0. The Balaban J connectivity index is 1.99. The Labute approximate surface area is 84.8 Å². The van der Waals surface area contributed by atoms with Crippen LogP contribution < -0.4 is 11.2 Å². The number of nitrogens with two attached hydrogens (primary N) is 1. The van der Waals surface area contributed by atoms with E-state index >= 15 is 0 Å². The standard InChI is InChI=1S/C10H19N3O/c1-8(11)7-13-9(14)6-10(12-13)4-2-3-5-10/h8,12H,2-7,11H2,1H3. The molecule has 1 heterocycles. The van der Waals surface area contributed by atoms with Crippen LogP contribution in [0.4, 0.5) is 0 Å². The average Bonchev–Trinajstić information content (AvgIpc) is 2.61. The normalized spacial score (nSPS) is 27.6. The first-order valence-electron chi connectivity index (χ1n) is 5.45. The summed E-state index contributed by atoms with van der Waals surface area (Å²) in [6.07, 6.45) is 5.42. The van der Waals surface area contributed by atoms with Crippen molar-refractivity contribution in [3.8, 4) is 0 Å². The summed E-state index contributed by atoms with van der Waals surface area (Å²) in [4.78, 5) is 11.7. The van der Waals surface area contributed by atoms with E-state index in [-0.39, 0.29) is 17.5 Å². The SMILES string of the molecule is CC(N)CN1NC2(CCCC2)CC1=O. The number of hydrogen-bond donors (Lipinski definition) is 2. The van der Waals surface area contributed by atoms with E-state index in [2.05, 4.69) is 5.43 Å². The number of carbonyl (C=O) groups is 1. The van der Waals surface area contributed by atoms with Crippen LogP contribution in [0.25, 0.3) is 0 Å². The Kier molecular flexibility index (Phi) is 2.49. The molecule has 4 heteroatoms. The van der Waals surface area contributed by atoms with Gasteiger partial charge in [-0.3, -0.25) is 9.80 Å². The second-order valence-corrected chi connectivity index (χ2v) is 4.76. The molecule has 4 nitrogen and oxygen atoms in total. The third-order valence-corrected chi connectivity index (χ3v) is 3.19. The highest BCUT2D eigenvalue weighted by molar-refractivity contribution is 5.79. The maximum absolute atomic E-state index is 11.7. The smallest absolute Gasteiger partial charge is 0.238 e. The lowest BCUT2D eigenvalue weighted by Crippen LogP contribution is -2.48. The van der Waals surface area contributed by atoms with Gasteiger partial charge in [-0.25, -0.2) is 5.43 Å². The van der Waals surface area contributed by atoms with Gasteiger partial charge < -0.3 is 5.73 Å². The highest BCUT2D eigenvalue weighted by Crippen LogP contribution is 2.36. The number of hydrogen-bond acceptors (Lipinski definition) is 3. The van der Waals surface area contributed by atoms with Gasteiger partial charge in [0.05, 0.1) is 6.54 Å². The molecule has 0 aromatic rings. The van der Waals surface area contributed by atoms with Crippen molar-refractivity contribution < 1.29 is 4.79 Å². The predicted octanol–water partition coefficient (Wildman–Crippen LogP) is 0.383. The number of nitrogens with one attached hydrogen (secondary N) is 1. The van der Waals surface area contributed by atoms with Crippen molar-refractivity contribution in [1.82, 2.24) is 10.4 Å². The molecule has 1 saturated carbocycles.